The van der Waals surface area contributed by atoms with Crippen LogP contribution in [-0.4, -0.2) is 19.0 Å². The molecule has 0 aliphatic heterocycles. The van der Waals surface area contributed by atoms with E-state index >= 15 is 0 Å². The highest BCUT2D eigenvalue weighted by molar-refractivity contribution is 5.82. The van der Waals surface area contributed by atoms with Gasteiger partial charge in [-0.25, -0.2) is 4.39 Å². The topological polar surface area (TPSA) is 55.1 Å². The number of aryl methyl sites for hydroxylation is 1. The number of hydrogen-bond acceptors (Lipinski definition) is 2. The fourth-order valence-electron chi connectivity index (χ4n) is 2.49. The molecule has 21 heavy (non-hydrogen) atoms. The van der Waals surface area contributed by atoms with Gasteiger partial charge in [0.1, 0.15) is 5.82 Å². The molecule has 0 saturated heterocycles. The number of likely N-dealkylation sites (N-methyl/N-ethyl adjacent to an activating group) is 1. The van der Waals surface area contributed by atoms with E-state index in [4.69, 9.17) is 5.73 Å². The second-order valence-electron chi connectivity index (χ2n) is 5.11. The van der Waals surface area contributed by atoms with E-state index in [0.717, 1.165) is 16.7 Å². The summed E-state index contributed by atoms with van der Waals surface area (Å²) in [5.74, 6) is -0.998. The summed E-state index contributed by atoms with van der Waals surface area (Å²) in [7, 11) is 1.69. The van der Waals surface area contributed by atoms with Gasteiger partial charge < -0.3 is 11.1 Å². The summed E-state index contributed by atoms with van der Waals surface area (Å²) in [5, 5.41) is 2.96. The number of halogens is 1. The largest absolute Gasteiger partial charge is 0.368 e. The molecular weight excluding hydrogens is 267 g/mol. The van der Waals surface area contributed by atoms with Crippen LogP contribution < -0.4 is 11.1 Å². The second-order valence-corrected chi connectivity index (χ2v) is 5.11. The van der Waals surface area contributed by atoms with Crippen molar-refractivity contribution in [1.29, 1.82) is 0 Å². The van der Waals surface area contributed by atoms with Gasteiger partial charge in [-0.1, -0.05) is 42.0 Å². The Kier molecular flexibility index (Phi) is 4.70. The number of primary amides is 1. The van der Waals surface area contributed by atoms with E-state index in [0.29, 0.717) is 0 Å². The summed E-state index contributed by atoms with van der Waals surface area (Å²) >= 11 is 0. The number of hydrogen-bond donors (Lipinski definition) is 2. The first-order valence-electron chi connectivity index (χ1n) is 6.81. The van der Waals surface area contributed by atoms with Gasteiger partial charge in [-0.05, 0) is 37.2 Å². The third-order valence-electron chi connectivity index (χ3n) is 3.62. The van der Waals surface area contributed by atoms with E-state index in [2.05, 4.69) is 5.32 Å². The van der Waals surface area contributed by atoms with Crippen LogP contribution in [0.4, 0.5) is 4.39 Å². The van der Waals surface area contributed by atoms with Crippen LogP contribution in [0.5, 0.6) is 0 Å². The van der Waals surface area contributed by atoms with Crippen LogP contribution >= 0.6 is 0 Å². The summed E-state index contributed by atoms with van der Waals surface area (Å²) in [4.78, 5) is 11.7. The second kappa shape index (κ2) is 6.50. The third-order valence-corrected chi connectivity index (χ3v) is 3.62. The minimum absolute atomic E-state index is 0.256. The molecule has 0 spiro atoms. The summed E-state index contributed by atoms with van der Waals surface area (Å²) in [6.45, 7) is 2.00. The number of benzene rings is 2. The summed E-state index contributed by atoms with van der Waals surface area (Å²) < 4.78 is 13.1. The predicted octanol–water partition coefficient (Wildman–Crippen LogP) is 2.34. The fraction of sp³-hybridized carbons (Fsp3) is 0.235. The van der Waals surface area contributed by atoms with Crippen molar-refractivity contribution < 1.29 is 9.18 Å². The van der Waals surface area contributed by atoms with Crippen LogP contribution in [0.25, 0.3) is 0 Å². The van der Waals surface area contributed by atoms with Gasteiger partial charge in [-0.15, -0.1) is 0 Å². The van der Waals surface area contributed by atoms with Crippen molar-refractivity contribution in [1.82, 2.24) is 5.32 Å². The minimum Gasteiger partial charge on any atom is -0.368 e. The van der Waals surface area contributed by atoms with Crippen molar-refractivity contribution in [2.45, 2.75) is 18.9 Å². The average Bonchev–Trinajstić information content (AvgIpc) is 2.46. The zero-order valence-corrected chi connectivity index (χ0v) is 12.1. The molecule has 2 atom stereocenters. The Morgan fingerprint density at radius 1 is 1.05 bits per heavy atom. The Morgan fingerprint density at radius 3 is 1.95 bits per heavy atom. The molecule has 2 aromatic carbocycles. The lowest BCUT2D eigenvalue weighted by Crippen LogP contribution is -2.44. The molecule has 0 bridgehead atoms. The molecule has 0 aromatic heterocycles. The molecular formula is C17H19FN2O. The van der Waals surface area contributed by atoms with E-state index < -0.39 is 11.9 Å². The van der Waals surface area contributed by atoms with Crippen LogP contribution in [0.2, 0.25) is 0 Å². The van der Waals surface area contributed by atoms with Crippen LogP contribution in [0.15, 0.2) is 48.5 Å². The molecule has 4 heteroatoms. The lowest BCUT2D eigenvalue weighted by molar-refractivity contribution is -0.120. The van der Waals surface area contributed by atoms with Crippen molar-refractivity contribution in [2.24, 2.45) is 5.73 Å². The highest BCUT2D eigenvalue weighted by atomic mass is 19.1. The first-order valence-corrected chi connectivity index (χ1v) is 6.81. The van der Waals surface area contributed by atoms with Crippen molar-refractivity contribution in [3.05, 3.63) is 71.0 Å². The molecule has 3 N–H and O–H groups in total. The molecule has 0 saturated carbocycles. The molecule has 110 valence electrons. The molecule has 1 amide bonds. The number of carbonyl (C=O) groups excluding carboxylic acids is 1. The number of nitrogens with one attached hydrogen (secondary N) is 1. The Balaban J connectivity index is 2.50. The number of amides is 1. The SMILES string of the molecule is CNC(C(N)=O)C(c1ccc(C)cc1)c1ccc(F)cc1. The minimum atomic E-state index is -0.557. The number of carbonyl (C=O) groups is 1. The molecule has 2 unspecified atom stereocenters. The van der Waals surface area contributed by atoms with Crippen molar-refractivity contribution >= 4 is 5.91 Å². The van der Waals surface area contributed by atoms with Crippen LogP contribution in [0.1, 0.15) is 22.6 Å². The molecule has 0 aliphatic rings. The molecule has 3 nitrogen and oxygen atoms in total. The summed E-state index contributed by atoms with van der Waals surface area (Å²) in [5.41, 5.74) is 8.45. The molecule has 0 fully saturated rings. The maximum absolute atomic E-state index is 13.1. The standard InChI is InChI=1S/C17H19FN2O/c1-11-3-5-12(6-4-11)15(16(20-2)17(19)21)13-7-9-14(18)10-8-13/h3-10,15-16,20H,1-2H3,(H2,19,21). The van der Waals surface area contributed by atoms with Gasteiger partial charge in [0.05, 0.1) is 6.04 Å². The van der Waals surface area contributed by atoms with Gasteiger partial charge in [0.25, 0.3) is 0 Å². The van der Waals surface area contributed by atoms with Crippen molar-refractivity contribution in [3.8, 4) is 0 Å². The Hall–Kier alpha value is -2.20. The lowest BCUT2D eigenvalue weighted by Gasteiger charge is -2.25. The fourth-order valence-corrected chi connectivity index (χ4v) is 2.49. The van der Waals surface area contributed by atoms with Gasteiger partial charge in [0, 0.05) is 5.92 Å². The van der Waals surface area contributed by atoms with Crippen molar-refractivity contribution in [2.75, 3.05) is 7.05 Å². The molecule has 2 rings (SSSR count). The molecule has 0 aliphatic carbocycles. The van der Waals surface area contributed by atoms with Crippen LogP contribution in [-0.2, 0) is 4.79 Å². The van der Waals surface area contributed by atoms with Gasteiger partial charge in [0.15, 0.2) is 0 Å². The first-order chi connectivity index (χ1) is 10.0. The van der Waals surface area contributed by atoms with E-state index in [1.165, 1.54) is 12.1 Å². The Labute approximate surface area is 124 Å². The highest BCUT2D eigenvalue weighted by Gasteiger charge is 2.28. The summed E-state index contributed by atoms with van der Waals surface area (Å²) in [6, 6.07) is 13.5. The van der Waals surface area contributed by atoms with E-state index in [-0.39, 0.29) is 11.7 Å². The predicted molar refractivity (Wildman–Crippen MR) is 81.5 cm³/mol. The quantitative estimate of drug-likeness (QED) is 0.886. The van der Waals surface area contributed by atoms with Gasteiger partial charge in [-0.3, -0.25) is 4.79 Å². The normalized spacial score (nSPS) is 13.7. The van der Waals surface area contributed by atoms with E-state index in [1.807, 2.05) is 31.2 Å². The maximum atomic E-state index is 13.1. The average molecular weight is 286 g/mol. The maximum Gasteiger partial charge on any atom is 0.235 e. The zero-order chi connectivity index (χ0) is 15.4. The Morgan fingerprint density at radius 2 is 1.52 bits per heavy atom. The van der Waals surface area contributed by atoms with Gasteiger partial charge >= 0.3 is 0 Å². The van der Waals surface area contributed by atoms with E-state index in [1.54, 1.807) is 19.2 Å². The van der Waals surface area contributed by atoms with Gasteiger partial charge in [0.2, 0.25) is 5.91 Å². The first kappa shape index (κ1) is 15.2. The van der Waals surface area contributed by atoms with Crippen LogP contribution in [0, 0.1) is 12.7 Å². The summed E-state index contributed by atoms with van der Waals surface area (Å²) in [6.07, 6.45) is 0. The van der Waals surface area contributed by atoms with Crippen LogP contribution in [0.3, 0.4) is 0 Å². The molecule has 0 radical (unpaired) electrons. The van der Waals surface area contributed by atoms with Gasteiger partial charge in [-0.2, -0.15) is 0 Å². The van der Waals surface area contributed by atoms with E-state index in [9.17, 15) is 9.18 Å². The van der Waals surface area contributed by atoms with Crippen molar-refractivity contribution in [3.63, 3.8) is 0 Å². The smallest absolute Gasteiger partial charge is 0.235 e. The highest BCUT2D eigenvalue weighted by Crippen LogP contribution is 2.28. The monoisotopic (exact) mass is 286 g/mol. The Bertz CT molecular complexity index is 562. The number of nitrogens with two attached hydrogens (primary N) is 1. The molecule has 0 heterocycles. The number of rotatable bonds is 5. The third kappa shape index (κ3) is 3.47. The zero-order valence-electron chi connectivity index (χ0n) is 12.1. The lowest BCUT2D eigenvalue weighted by atomic mass is 9.84. The molecule has 2 aromatic rings.